The number of aryl methyl sites for hydroxylation is 2. The lowest BCUT2D eigenvalue weighted by Gasteiger charge is -2.37. The van der Waals surface area contributed by atoms with E-state index in [0.29, 0.717) is 25.0 Å². The smallest absolute Gasteiger partial charge is 0.332 e. The Morgan fingerprint density at radius 1 is 1.06 bits per heavy atom. The molecule has 0 N–H and O–H groups in total. The predicted molar refractivity (Wildman–Crippen MR) is 118 cm³/mol. The molecular weight excluding hydrogens is 408 g/mol. The molecule has 0 spiro atoms. The minimum absolute atomic E-state index is 0.0406. The van der Waals surface area contributed by atoms with Crippen LogP contribution in [0, 0.1) is 19.8 Å². The third kappa shape index (κ3) is 5.56. The number of rotatable bonds is 7. The maximum absolute atomic E-state index is 12.9. The third-order valence-corrected chi connectivity index (χ3v) is 5.78. The zero-order valence-electron chi connectivity index (χ0n) is 18.4. The van der Waals surface area contributed by atoms with E-state index < -0.39 is 5.97 Å². The van der Waals surface area contributed by atoms with Gasteiger partial charge >= 0.3 is 5.97 Å². The lowest BCUT2D eigenvalue weighted by Crippen LogP contribution is -2.42. The molecule has 4 rings (SSSR count). The molecule has 168 valence electrons. The van der Waals surface area contributed by atoms with E-state index in [1.165, 1.54) is 6.26 Å². The summed E-state index contributed by atoms with van der Waals surface area (Å²) in [5.74, 6) is 0.169. The van der Waals surface area contributed by atoms with Crippen LogP contribution in [0.15, 0.2) is 60.6 Å². The first-order chi connectivity index (χ1) is 15.5. The Labute approximate surface area is 188 Å². The first-order valence-electron chi connectivity index (χ1n) is 10.9. The van der Waals surface area contributed by atoms with E-state index in [2.05, 4.69) is 6.07 Å². The second kappa shape index (κ2) is 10.0. The van der Waals surface area contributed by atoms with E-state index in [1.807, 2.05) is 56.3 Å². The second-order valence-electron chi connectivity index (χ2n) is 8.45. The highest BCUT2D eigenvalue weighted by molar-refractivity contribution is 5.96. The van der Waals surface area contributed by atoms with Crippen molar-refractivity contribution in [2.45, 2.75) is 51.9 Å². The maximum Gasteiger partial charge on any atom is 0.332 e. The first-order valence-corrected chi connectivity index (χ1v) is 10.9. The van der Waals surface area contributed by atoms with Crippen molar-refractivity contribution in [1.82, 2.24) is 0 Å². The molecule has 1 saturated carbocycles. The van der Waals surface area contributed by atoms with Gasteiger partial charge in [0, 0.05) is 6.42 Å². The molecule has 0 bridgehead atoms. The van der Waals surface area contributed by atoms with Crippen molar-refractivity contribution >= 4 is 11.8 Å². The van der Waals surface area contributed by atoms with Gasteiger partial charge in [-0.25, -0.2) is 4.79 Å². The lowest BCUT2D eigenvalue weighted by atomic mass is 9.80. The van der Waals surface area contributed by atoms with Crippen LogP contribution in [0.1, 0.15) is 36.0 Å². The number of fused-ring (bicyclic) bond motifs is 1. The molecule has 6 heteroatoms. The lowest BCUT2D eigenvalue weighted by molar-refractivity contribution is -0.156. The number of carbonyl (C=O) groups excluding carboxylic acids is 2. The SMILES string of the molecule is Cc1cc(C)cc(OC2=COC3CC(OCC(=O)OCc4ccccc4)CCC3C2=O)c1. The van der Waals surface area contributed by atoms with Crippen molar-refractivity contribution in [2.24, 2.45) is 5.92 Å². The number of carbonyl (C=O) groups is 2. The highest BCUT2D eigenvalue weighted by atomic mass is 16.6. The third-order valence-electron chi connectivity index (χ3n) is 5.78. The highest BCUT2D eigenvalue weighted by Crippen LogP contribution is 2.35. The van der Waals surface area contributed by atoms with Gasteiger partial charge in [0.1, 0.15) is 31.3 Å². The van der Waals surface area contributed by atoms with Gasteiger partial charge in [-0.05, 0) is 55.5 Å². The van der Waals surface area contributed by atoms with Crippen molar-refractivity contribution in [3.8, 4) is 5.75 Å². The first kappa shape index (κ1) is 22.1. The van der Waals surface area contributed by atoms with Crippen LogP contribution in [0.4, 0.5) is 0 Å². The molecule has 0 amide bonds. The summed E-state index contributed by atoms with van der Waals surface area (Å²) in [6.07, 6.45) is 2.85. The number of ketones is 1. The molecule has 2 aromatic rings. The molecule has 0 saturated heterocycles. The van der Waals surface area contributed by atoms with Crippen LogP contribution in [-0.2, 0) is 30.4 Å². The van der Waals surface area contributed by atoms with Crippen LogP contribution in [-0.4, -0.2) is 30.6 Å². The fraction of sp³-hybridized carbons (Fsp3) is 0.385. The van der Waals surface area contributed by atoms with Crippen LogP contribution in [0.25, 0.3) is 0 Å². The van der Waals surface area contributed by atoms with Crippen molar-refractivity contribution in [1.29, 1.82) is 0 Å². The summed E-state index contributed by atoms with van der Waals surface area (Å²) in [6.45, 7) is 4.09. The normalized spacial score (nSPS) is 22.4. The van der Waals surface area contributed by atoms with Gasteiger partial charge in [0.2, 0.25) is 11.5 Å². The van der Waals surface area contributed by atoms with E-state index in [-0.39, 0.29) is 42.9 Å². The summed E-state index contributed by atoms with van der Waals surface area (Å²) in [7, 11) is 0. The molecule has 1 fully saturated rings. The largest absolute Gasteiger partial charge is 0.493 e. The van der Waals surface area contributed by atoms with Gasteiger partial charge in [0.25, 0.3) is 0 Å². The maximum atomic E-state index is 12.9. The second-order valence-corrected chi connectivity index (χ2v) is 8.45. The Balaban J connectivity index is 1.26. The van der Waals surface area contributed by atoms with Crippen LogP contribution in [0.3, 0.4) is 0 Å². The molecule has 1 aliphatic carbocycles. The average molecular weight is 437 g/mol. The number of benzene rings is 2. The van der Waals surface area contributed by atoms with E-state index in [9.17, 15) is 9.59 Å². The summed E-state index contributed by atoms with van der Waals surface area (Å²) >= 11 is 0. The number of allylic oxidation sites excluding steroid dienone is 1. The quantitative estimate of drug-likeness (QED) is 0.599. The minimum Gasteiger partial charge on any atom is -0.493 e. The van der Waals surface area contributed by atoms with Gasteiger partial charge < -0.3 is 18.9 Å². The number of ether oxygens (including phenoxy) is 4. The topological polar surface area (TPSA) is 71.1 Å². The van der Waals surface area contributed by atoms with Crippen LogP contribution < -0.4 is 4.74 Å². The van der Waals surface area contributed by atoms with Gasteiger partial charge in [0.05, 0.1) is 12.0 Å². The van der Waals surface area contributed by atoms with Crippen LogP contribution in [0.5, 0.6) is 5.75 Å². The molecule has 2 aliphatic rings. The number of Topliss-reactive ketones (excluding diaryl/α,β-unsaturated/α-hetero) is 1. The molecule has 1 heterocycles. The number of hydrogen-bond donors (Lipinski definition) is 0. The van der Waals surface area contributed by atoms with E-state index in [0.717, 1.165) is 16.7 Å². The van der Waals surface area contributed by atoms with Crippen LogP contribution >= 0.6 is 0 Å². The molecule has 1 aliphatic heterocycles. The fourth-order valence-electron chi connectivity index (χ4n) is 4.24. The van der Waals surface area contributed by atoms with Gasteiger partial charge in [-0.15, -0.1) is 0 Å². The molecule has 0 radical (unpaired) electrons. The zero-order chi connectivity index (χ0) is 22.5. The summed E-state index contributed by atoms with van der Waals surface area (Å²) < 4.78 is 22.7. The highest BCUT2D eigenvalue weighted by Gasteiger charge is 2.41. The standard InChI is InChI=1S/C26H28O6/c1-17-10-18(2)12-21(11-17)32-24-15-30-23-13-20(8-9-22(23)26(24)28)29-16-25(27)31-14-19-6-4-3-5-7-19/h3-7,10-12,15,20,22-23H,8-9,13-14,16H2,1-2H3. The van der Waals surface area contributed by atoms with Crippen molar-refractivity contribution in [3.05, 3.63) is 77.2 Å². The van der Waals surface area contributed by atoms with Crippen molar-refractivity contribution < 1.29 is 28.5 Å². The molecule has 3 unspecified atom stereocenters. The Hall–Kier alpha value is -3.12. The Kier molecular flexibility index (Phi) is 6.90. The van der Waals surface area contributed by atoms with Crippen molar-refractivity contribution in [3.63, 3.8) is 0 Å². The number of esters is 1. The minimum atomic E-state index is -0.402. The van der Waals surface area contributed by atoms with Gasteiger partial charge in [-0.3, -0.25) is 4.79 Å². The van der Waals surface area contributed by atoms with Crippen LogP contribution in [0.2, 0.25) is 0 Å². The van der Waals surface area contributed by atoms with Gasteiger partial charge in [0.15, 0.2) is 0 Å². The zero-order valence-corrected chi connectivity index (χ0v) is 18.4. The number of hydrogen-bond acceptors (Lipinski definition) is 6. The molecule has 3 atom stereocenters. The Morgan fingerprint density at radius 2 is 1.81 bits per heavy atom. The van der Waals surface area contributed by atoms with Crippen molar-refractivity contribution in [2.75, 3.05) is 6.61 Å². The fourth-order valence-corrected chi connectivity index (χ4v) is 4.24. The molecule has 6 nitrogen and oxygen atoms in total. The van der Waals surface area contributed by atoms with E-state index in [1.54, 1.807) is 0 Å². The summed E-state index contributed by atoms with van der Waals surface area (Å²) in [6, 6.07) is 15.4. The van der Waals surface area contributed by atoms with E-state index in [4.69, 9.17) is 18.9 Å². The summed E-state index contributed by atoms with van der Waals surface area (Å²) in [5.41, 5.74) is 3.08. The van der Waals surface area contributed by atoms with Gasteiger partial charge in [-0.2, -0.15) is 0 Å². The summed E-state index contributed by atoms with van der Waals surface area (Å²) in [5, 5.41) is 0. The monoisotopic (exact) mass is 436 g/mol. The Bertz CT molecular complexity index is 976. The average Bonchev–Trinajstić information content (AvgIpc) is 2.78. The molecular formula is C26H28O6. The molecule has 0 aromatic heterocycles. The molecule has 2 aromatic carbocycles. The summed E-state index contributed by atoms with van der Waals surface area (Å²) in [4.78, 5) is 24.9. The van der Waals surface area contributed by atoms with Gasteiger partial charge in [-0.1, -0.05) is 36.4 Å². The molecule has 32 heavy (non-hydrogen) atoms. The van der Waals surface area contributed by atoms with E-state index >= 15 is 0 Å². The predicted octanol–water partition coefficient (Wildman–Crippen LogP) is 4.42. The Morgan fingerprint density at radius 3 is 2.56 bits per heavy atom.